The van der Waals surface area contributed by atoms with Gasteiger partial charge in [0.15, 0.2) is 11.9 Å². The molecule has 7 N–H and O–H groups in total. The maximum Gasteiger partial charge on any atom is 0.201 e. The molecule has 0 bridgehead atoms. The zero-order valence-corrected chi connectivity index (χ0v) is 20.8. The molecule has 0 amide bonds. The van der Waals surface area contributed by atoms with Crippen molar-refractivity contribution in [2.75, 3.05) is 30.7 Å². The second-order valence-corrected chi connectivity index (χ2v) is 10.3. The van der Waals surface area contributed by atoms with Crippen LogP contribution in [0.4, 0.5) is 11.6 Å². The number of nitrogens with one attached hydrogen (secondary N) is 3. The van der Waals surface area contributed by atoms with Crippen LogP contribution in [0.25, 0.3) is 22.2 Å². The summed E-state index contributed by atoms with van der Waals surface area (Å²) in [5, 5.41) is 27.7. The van der Waals surface area contributed by atoms with Gasteiger partial charge in [0.05, 0.1) is 23.0 Å². The van der Waals surface area contributed by atoms with E-state index in [0.29, 0.717) is 29.9 Å². The number of hydrogen-bond acceptors (Lipinski definition) is 9. The first-order valence-corrected chi connectivity index (χ1v) is 12.3. The SMILES string of the molecule is CC(C)(C)c1ccc2[nH]c(NCCCNC[C@H]3O[C@@H](n4cnc5c(N)ccnc54)[C@H](O)[C@@H]3O)nc2c1. The highest BCUT2D eigenvalue weighted by atomic mass is 16.6. The molecule has 0 saturated carbocycles. The number of imidazole rings is 2. The summed E-state index contributed by atoms with van der Waals surface area (Å²) in [6, 6.07) is 8.00. The third-order valence-electron chi connectivity index (χ3n) is 6.62. The summed E-state index contributed by atoms with van der Waals surface area (Å²) in [5.41, 5.74) is 10.8. The summed E-state index contributed by atoms with van der Waals surface area (Å²) in [7, 11) is 0. The van der Waals surface area contributed by atoms with Gasteiger partial charge >= 0.3 is 0 Å². The number of ether oxygens (including phenoxy) is 1. The molecule has 0 spiro atoms. The standard InChI is InChI=1S/C25H34N8O3/c1-25(2,3)14-5-6-16-17(11-14)32-24(31-16)29-9-4-8-27-12-18-20(34)21(35)23(36-18)33-13-30-19-15(26)7-10-28-22(19)33/h5-7,10-11,13,18,20-21,23,27,34-35H,4,8-9,12H2,1-3H3,(H2,26,28)(H2,29,31,32)/t18-,20-,21-,23-/m1/s1. The minimum atomic E-state index is -1.11. The number of nitrogens with two attached hydrogens (primary N) is 1. The van der Waals surface area contributed by atoms with Crippen molar-refractivity contribution in [3.05, 3.63) is 42.4 Å². The van der Waals surface area contributed by atoms with E-state index in [1.54, 1.807) is 16.8 Å². The lowest BCUT2D eigenvalue weighted by atomic mass is 9.87. The first-order valence-electron chi connectivity index (χ1n) is 12.3. The summed E-state index contributed by atoms with van der Waals surface area (Å²) in [4.78, 5) is 16.5. The Kier molecular flexibility index (Phi) is 6.56. The number of nitrogens with zero attached hydrogens (tertiary/aromatic N) is 4. The lowest BCUT2D eigenvalue weighted by molar-refractivity contribution is -0.0341. The highest BCUT2D eigenvalue weighted by Crippen LogP contribution is 2.32. The Bertz CT molecular complexity index is 1340. The quantitative estimate of drug-likeness (QED) is 0.201. The van der Waals surface area contributed by atoms with Gasteiger partial charge in [-0.15, -0.1) is 0 Å². The van der Waals surface area contributed by atoms with Crippen LogP contribution in [0.1, 0.15) is 39.0 Å². The number of nitrogen functional groups attached to an aromatic ring is 1. The van der Waals surface area contributed by atoms with Crippen molar-refractivity contribution in [2.24, 2.45) is 0 Å². The molecule has 0 unspecified atom stereocenters. The van der Waals surface area contributed by atoms with Gasteiger partial charge in [-0.3, -0.25) is 4.57 Å². The Hall–Kier alpha value is -3.25. The highest BCUT2D eigenvalue weighted by Gasteiger charge is 2.44. The Morgan fingerprint density at radius 2 is 1.97 bits per heavy atom. The van der Waals surface area contributed by atoms with Gasteiger partial charge in [0.25, 0.3) is 0 Å². The molecule has 11 nitrogen and oxygen atoms in total. The number of aliphatic hydroxyl groups excluding tert-OH is 2. The Morgan fingerprint density at radius 1 is 1.14 bits per heavy atom. The number of H-pyrrole nitrogens is 1. The van der Waals surface area contributed by atoms with E-state index in [2.05, 4.69) is 69.5 Å². The van der Waals surface area contributed by atoms with Gasteiger partial charge in [-0.25, -0.2) is 15.0 Å². The molecule has 4 heterocycles. The lowest BCUT2D eigenvalue weighted by Crippen LogP contribution is -2.38. The molecule has 3 aromatic heterocycles. The average molecular weight is 495 g/mol. The lowest BCUT2D eigenvalue weighted by Gasteiger charge is -2.18. The number of hydrogen-bond donors (Lipinski definition) is 6. The molecule has 1 aliphatic rings. The van der Waals surface area contributed by atoms with Gasteiger partial charge in [-0.05, 0) is 42.1 Å². The normalized spacial score (nSPS) is 22.6. The van der Waals surface area contributed by atoms with E-state index in [9.17, 15) is 10.2 Å². The number of aromatic amines is 1. The fourth-order valence-electron chi connectivity index (χ4n) is 4.49. The summed E-state index contributed by atoms with van der Waals surface area (Å²) in [6.45, 7) is 8.41. The molecule has 11 heteroatoms. The van der Waals surface area contributed by atoms with E-state index in [1.165, 1.54) is 11.9 Å². The molecule has 4 atom stereocenters. The number of aliphatic hydroxyl groups is 2. The van der Waals surface area contributed by atoms with Crippen molar-refractivity contribution in [3.8, 4) is 0 Å². The largest absolute Gasteiger partial charge is 0.397 e. The van der Waals surface area contributed by atoms with Gasteiger partial charge in [0.1, 0.15) is 23.8 Å². The van der Waals surface area contributed by atoms with Crippen LogP contribution in [-0.2, 0) is 10.2 Å². The maximum atomic E-state index is 10.6. The van der Waals surface area contributed by atoms with Crippen molar-refractivity contribution in [1.29, 1.82) is 0 Å². The van der Waals surface area contributed by atoms with Gasteiger partial charge in [0, 0.05) is 19.3 Å². The number of fused-ring (bicyclic) bond motifs is 2. The molecule has 1 fully saturated rings. The third kappa shape index (κ3) is 4.74. The van der Waals surface area contributed by atoms with Crippen molar-refractivity contribution in [2.45, 2.75) is 57.1 Å². The molecule has 1 saturated heterocycles. The van der Waals surface area contributed by atoms with Crippen LogP contribution in [0.2, 0.25) is 0 Å². The van der Waals surface area contributed by atoms with Crippen LogP contribution >= 0.6 is 0 Å². The van der Waals surface area contributed by atoms with Crippen LogP contribution in [0, 0.1) is 0 Å². The predicted octanol–water partition coefficient (Wildman–Crippen LogP) is 1.90. The Balaban J connectivity index is 1.09. The maximum absolute atomic E-state index is 10.6. The van der Waals surface area contributed by atoms with E-state index in [4.69, 9.17) is 10.5 Å². The Morgan fingerprint density at radius 3 is 2.78 bits per heavy atom. The summed E-state index contributed by atoms with van der Waals surface area (Å²) in [6.07, 6.45) is 0.448. The number of anilines is 2. The number of aromatic nitrogens is 5. The molecule has 5 rings (SSSR count). The average Bonchev–Trinajstić information content (AvgIpc) is 3.52. The monoisotopic (exact) mass is 494 g/mol. The molecular weight excluding hydrogens is 460 g/mol. The topological polar surface area (TPSA) is 159 Å². The second kappa shape index (κ2) is 9.66. The van der Waals surface area contributed by atoms with E-state index in [1.807, 2.05) is 0 Å². The van der Waals surface area contributed by atoms with Gasteiger partial charge < -0.3 is 36.3 Å². The van der Waals surface area contributed by atoms with Crippen molar-refractivity contribution in [3.63, 3.8) is 0 Å². The molecule has 192 valence electrons. The molecule has 36 heavy (non-hydrogen) atoms. The van der Waals surface area contributed by atoms with Crippen LogP contribution in [0.15, 0.2) is 36.8 Å². The van der Waals surface area contributed by atoms with Gasteiger partial charge in [-0.1, -0.05) is 26.8 Å². The summed E-state index contributed by atoms with van der Waals surface area (Å²) >= 11 is 0. The van der Waals surface area contributed by atoms with Crippen molar-refractivity contribution >= 4 is 33.8 Å². The number of rotatable bonds is 8. The van der Waals surface area contributed by atoms with Crippen molar-refractivity contribution < 1.29 is 14.9 Å². The van der Waals surface area contributed by atoms with E-state index in [0.717, 1.165) is 29.9 Å². The molecule has 4 aromatic rings. The zero-order valence-electron chi connectivity index (χ0n) is 20.8. The molecule has 1 aliphatic heterocycles. The molecule has 0 aliphatic carbocycles. The molecule has 0 radical (unpaired) electrons. The highest BCUT2D eigenvalue weighted by molar-refractivity contribution is 5.83. The first-order chi connectivity index (χ1) is 17.2. The Labute approximate surface area is 209 Å². The van der Waals surface area contributed by atoms with Gasteiger partial charge in [-0.2, -0.15) is 0 Å². The minimum Gasteiger partial charge on any atom is -0.397 e. The fourth-order valence-corrected chi connectivity index (χ4v) is 4.49. The summed E-state index contributed by atoms with van der Waals surface area (Å²) < 4.78 is 7.58. The van der Waals surface area contributed by atoms with Crippen LogP contribution < -0.4 is 16.4 Å². The molecule has 1 aromatic carbocycles. The van der Waals surface area contributed by atoms with E-state index in [-0.39, 0.29) is 5.41 Å². The predicted molar refractivity (Wildman–Crippen MR) is 139 cm³/mol. The van der Waals surface area contributed by atoms with Crippen molar-refractivity contribution in [1.82, 2.24) is 29.8 Å². The zero-order chi connectivity index (χ0) is 25.4. The first kappa shape index (κ1) is 24.4. The second-order valence-electron chi connectivity index (χ2n) is 10.3. The smallest absolute Gasteiger partial charge is 0.201 e. The van der Waals surface area contributed by atoms with Crippen LogP contribution in [0.3, 0.4) is 0 Å². The summed E-state index contributed by atoms with van der Waals surface area (Å²) in [5.74, 6) is 0.748. The number of benzene rings is 1. The number of pyridine rings is 1. The molecular formula is C25H34N8O3. The van der Waals surface area contributed by atoms with Crippen LogP contribution in [0.5, 0.6) is 0 Å². The van der Waals surface area contributed by atoms with Gasteiger partial charge in [0.2, 0.25) is 5.95 Å². The van der Waals surface area contributed by atoms with E-state index < -0.39 is 24.5 Å². The fraction of sp³-hybridized carbons (Fsp3) is 0.480. The van der Waals surface area contributed by atoms with Crippen LogP contribution in [-0.4, -0.2) is 72.7 Å². The third-order valence-corrected chi connectivity index (χ3v) is 6.62. The minimum absolute atomic E-state index is 0.0799. The van der Waals surface area contributed by atoms with E-state index >= 15 is 0 Å².